The lowest BCUT2D eigenvalue weighted by molar-refractivity contribution is -0.128. The second kappa shape index (κ2) is 4.41. The van der Waals surface area contributed by atoms with Gasteiger partial charge in [-0.15, -0.1) is 0 Å². The summed E-state index contributed by atoms with van der Waals surface area (Å²) in [6.45, 7) is 13.3. The van der Waals surface area contributed by atoms with Gasteiger partial charge in [0.15, 0.2) is 0 Å². The Balaban J connectivity index is 3.09. The van der Waals surface area contributed by atoms with E-state index in [4.69, 9.17) is 0 Å². The molecule has 0 spiro atoms. The second-order valence-corrected chi connectivity index (χ2v) is 6.26. The van der Waals surface area contributed by atoms with E-state index < -0.39 is 5.60 Å². The summed E-state index contributed by atoms with van der Waals surface area (Å²) in [6, 6.07) is 0. The summed E-state index contributed by atoms with van der Waals surface area (Å²) in [5.74, 6) is -0.202. The summed E-state index contributed by atoms with van der Waals surface area (Å²) in [5, 5.41) is 10.6. The van der Waals surface area contributed by atoms with Crippen molar-refractivity contribution < 1.29 is 9.90 Å². The molecular formula is C15H24O2. The maximum absolute atomic E-state index is 11.6. The maximum Gasteiger partial charge on any atom is 0.135 e. The van der Waals surface area contributed by atoms with Crippen LogP contribution in [-0.4, -0.2) is 16.5 Å². The Morgan fingerprint density at radius 2 is 1.88 bits per heavy atom. The van der Waals surface area contributed by atoms with Crippen LogP contribution >= 0.6 is 0 Å². The average Bonchev–Trinajstić information content (AvgIpc) is 2.30. The number of allylic oxidation sites excluding steroid dienone is 2. The van der Waals surface area contributed by atoms with Gasteiger partial charge in [0.25, 0.3) is 0 Å². The zero-order valence-electron chi connectivity index (χ0n) is 11.6. The standard InChI is InChI=1S/C15H24O2/c1-10(2)7-8-13-14(4,5)9-12(11(3)16)15(13,6)17/h7-8,12-13,17H,1,9H2,2-6H3/b8-7-/t12-,13?,15-/m0/s1. The molecule has 3 atom stereocenters. The Morgan fingerprint density at radius 3 is 2.24 bits per heavy atom. The van der Waals surface area contributed by atoms with Crippen LogP contribution in [0, 0.1) is 17.3 Å². The van der Waals surface area contributed by atoms with E-state index >= 15 is 0 Å². The van der Waals surface area contributed by atoms with Crippen molar-refractivity contribution in [1.29, 1.82) is 0 Å². The largest absolute Gasteiger partial charge is 0.389 e. The molecule has 0 amide bonds. The van der Waals surface area contributed by atoms with Gasteiger partial charge in [-0.2, -0.15) is 0 Å². The fraction of sp³-hybridized carbons (Fsp3) is 0.667. The van der Waals surface area contributed by atoms with Crippen LogP contribution in [0.4, 0.5) is 0 Å². The number of carbonyl (C=O) groups excluding carboxylic acids is 1. The summed E-state index contributed by atoms with van der Waals surface area (Å²) >= 11 is 0. The first-order valence-electron chi connectivity index (χ1n) is 6.15. The van der Waals surface area contributed by atoms with Crippen LogP contribution in [0.5, 0.6) is 0 Å². The number of hydrogen-bond donors (Lipinski definition) is 1. The third kappa shape index (κ3) is 2.68. The van der Waals surface area contributed by atoms with E-state index in [0.29, 0.717) is 0 Å². The third-order valence-electron chi connectivity index (χ3n) is 3.97. The van der Waals surface area contributed by atoms with Crippen molar-refractivity contribution in [2.75, 3.05) is 0 Å². The average molecular weight is 236 g/mol. The fourth-order valence-corrected chi connectivity index (χ4v) is 3.14. The minimum absolute atomic E-state index is 0.0133. The predicted octanol–water partition coefficient (Wildman–Crippen LogP) is 3.12. The molecule has 1 aliphatic rings. The van der Waals surface area contributed by atoms with Gasteiger partial charge in [-0.3, -0.25) is 4.79 Å². The van der Waals surface area contributed by atoms with Gasteiger partial charge in [0.05, 0.1) is 5.60 Å². The molecule has 1 saturated carbocycles. The molecule has 0 heterocycles. The summed E-state index contributed by atoms with van der Waals surface area (Å²) in [7, 11) is 0. The number of hydrogen-bond acceptors (Lipinski definition) is 2. The highest BCUT2D eigenvalue weighted by atomic mass is 16.3. The molecule has 0 aromatic carbocycles. The molecule has 1 unspecified atom stereocenters. The van der Waals surface area contributed by atoms with Gasteiger partial charge in [0.1, 0.15) is 5.78 Å². The molecular weight excluding hydrogens is 212 g/mol. The molecule has 0 aromatic heterocycles. The summed E-state index contributed by atoms with van der Waals surface area (Å²) in [4.78, 5) is 11.6. The molecule has 1 rings (SSSR count). The van der Waals surface area contributed by atoms with E-state index in [1.807, 2.05) is 19.1 Å². The Morgan fingerprint density at radius 1 is 1.35 bits per heavy atom. The van der Waals surface area contributed by atoms with E-state index in [-0.39, 0.29) is 23.0 Å². The first kappa shape index (κ1) is 14.2. The maximum atomic E-state index is 11.6. The van der Waals surface area contributed by atoms with E-state index in [1.165, 1.54) is 0 Å². The van der Waals surface area contributed by atoms with Crippen LogP contribution in [0.15, 0.2) is 24.3 Å². The Hall–Kier alpha value is -0.890. The monoisotopic (exact) mass is 236 g/mol. The van der Waals surface area contributed by atoms with Crippen molar-refractivity contribution in [3.8, 4) is 0 Å². The molecule has 1 fully saturated rings. The van der Waals surface area contributed by atoms with Gasteiger partial charge < -0.3 is 5.11 Å². The van der Waals surface area contributed by atoms with Crippen molar-refractivity contribution in [3.05, 3.63) is 24.3 Å². The van der Waals surface area contributed by atoms with Crippen molar-refractivity contribution in [1.82, 2.24) is 0 Å². The van der Waals surface area contributed by atoms with Crippen LogP contribution in [-0.2, 0) is 4.79 Å². The molecule has 17 heavy (non-hydrogen) atoms. The van der Waals surface area contributed by atoms with Gasteiger partial charge in [-0.1, -0.05) is 38.2 Å². The number of carbonyl (C=O) groups is 1. The molecule has 1 N–H and O–H groups in total. The Labute approximate surface area is 104 Å². The molecule has 96 valence electrons. The molecule has 2 heteroatoms. The highest BCUT2D eigenvalue weighted by molar-refractivity contribution is 5.80. The molecule has 0 saturated heterocycles. The van der Waals surface area contributed by atoms with Gasteiger partial charge in [0, 0.05) is 11.8 Å². The Kier molecular flexibility index (Phi) is 3.68. The lowest BCUT2D eigenvalue weighted by Crippen LogP contribution is -2.40. The van der Waals surface area contributed by atoms with E-state index in [0.717, 1.165) is 12.0 Å². The van der Waals surface area contributed by atoms with Gasteiger partial charge in [0.2, 0.25) is 0 Å². The first-order chi connectivity index (χ1) is 7.59. The smallest absolute Gasteiger partial charge is 0.135 e. The van der Waals surface area contributed by atoms with Gasteiger partial charge in [-0.25, -0.2) is 0 Å². The zero-order valence-corrected chi connectivity index (χ0v) is 11.6. The van der Waals surface area contributed by atoms with Crippen molar-refractivity contribution in [3.63, 3.8) is 0 Å². The van der Waals surface area contributed by atoms with Crippen LogP contribution in [0.2, 0.25) is 0 Å². The zero-order chi connectivity index (χ0) is 13.4. The molecule has 2 nitrogen and oxygen atoms in total. The SMILES string of the molecule is C=C(C)/C=C\C1C(C)(C)C[C@@H](C(C)=O)[C@]1(C)O. The minimum Gasteiger partial charge on any atom is -0.389 e. The summed E-state index contributed by atoms with van der Waals surface area (Å²) in [6.07, 6.45) is 4.68. The minimum atomic E-state index is -0.957. The normalized spacial score (nSPS) is 36.4. The van der Waals surface area contributed by atoms with Gasteiger partial charge >= 0.3 is 0 Å². The first-order valence-corrected chi connectivity index (χ1v) is 6.15. The molecule has 0 radical (unpaired) electrons. The van der Waals surface area contributed by atoms with E-state index in [9.17, 15) is 9.90 Å². The quantitative estimate of drug-likeness (QED) is 0.764. The van der Waals surface area contributed by atoms with Crippen molar-refractivity contribution in [2.45, 2.75) is 46.6 Å². The number of aliphatic hydroxyl groups is 1. The lowest BCUT2D eigenvalue weighted by Gasteiger charge is -2.33. The highest BCUT2D eigenvalue weighted by Gasteiger charge is 2.55. The molecule has 0 bridgehead atoms. The summed E-state index contributed by atoms with van der Waals surface area (Å²) < 4.78 is 0. The molecule has 0 aromatic rings. The van der Waals surface area contributed by atoms with Crippen LogP contribution in [0.1, 0.15) is 41.0 Å². The van der Waals surface area contributed by atoms with Crippen LogP contribution < -0.4 is 0 Å². The number of rotatable bonds is 3. The number of ketones is 1. The van der Waals surface area contributed by atoms with Crippen LogP contribution in [0.3, 0.4) is 0 Å². The highest BCUT2D eigenvalue weighted by Crippen LogP contribution is 2.53. The predicted molar refractivity (Wildman–Crippen MR) is 70.6 cm³/mol. The number of Topliss-reactive ketones (excluding diaryl/α,β-unsaturated/α-hetero) is 1. The van der Waals surface area contributed by atoms with Gasteiger partial charge in [-0.05, 0) is 32.6 Å². The third-order valence-corrected chi connectivity index (χ3v) is 3.97. The van der Waals surface area contributed by atoms with Crippen molar-refractivity contribution in [2.24, 2.45) is 17.3 Å². The Bertz CT molecular complexity index is 361. The summed E-state index contributed by atoms with van der Waals surface area (Å²) in [5.41, 5.74) is -0.0598. The molecule has 1 aliphatic carbocycles. The second-order valence-electron chi connectivity index (χ2n) is 6.26. The van der Waals surface area contributed by atoms with Crippen molar-refractivity contribution >= 4 is 5.78 Å². The van der Waals surface area contributed by atoms with E-state index in [1.54, 1.807) is 13.8 Å². The topological polar surface area (TPSA) is 37.3 Å². The lowest BCUT2D eigenvalue weighted by atomic mass is 9.76. The fourth-order valence-electron chi connectivity index (χ4n) is 3.14. The molecule has 0 aliphatic heterocycles. The van der Waals surface area contributed by atoms with E-state index in [2.05, 4.69) is 20.4 Å². The van der Waals surface area contributed by atoms with Crippen LogP contribution in [0.25, 0.3) is 0 Å².